The average molecular weight is 442 g/mol. The van der Waals surface area contributed by atoms with Crippen LogP contribution < -0.4 is 5.32 Å². The van der Waals surface area contributed by atoms with Crippen LogP contribution in [0.4, 0.5) is 0 Å². The molecule has 0 saturated carbocycles. The predicted molar refractivity (Wildman–Crippen MR) is 132 cm³/mol. The summed E-state index contributed by atoms with van der Waals surface area (Å²) >= 11 is 0. The van der Waals surface area contributed by atoms with Crippen molar-refractivity contribution in [2.24, 2.45) is 0 Å². The molecule has 1 aliphatic heterocycles. The van der Waals surface area contributed by atoms with E-state index < -0.39 is 18.3 Å². The van der Waals surface area contributed by atoms with Crippen molar-refractivity contribution in [3.8, 4) is 0 Å². The fourth-order valence-corrected chi connectivity index (χ4v) is 3.04. The van der Waals surface area contributed by atoms with Crippen LogP contribution >= 0.6 is 0 Å². The minimum Gasteiger partial charge on any atom is -0.390 e. The molecule has 0 radical (unpaired) electrons. The molecular weight excluding hydrogens is 402 g/mol. The number of rotatable bonds is 4. The van der Waals surface area contributed by atoms with E-state index in [1.54, 1.807) is 37.3 Å². The van der Waals surface area contributed by atoms with Gasteiger partial charge in [-0.15, -0.1) is 0 Å². The van der Waals surface area contributed by atoms with E-state index in [1.807, 2.05) is 25.2 Å². The standard InChI is InChI=1S/C27H39NO4/c1-4-5-6-7-14-23-15-10-8-12-21(2)17-18-24(29)20-26(31)25(30)19-22(3)13-9-11-16-27(32)28-23/h6-13,16-19,23-26,29-31H,4-5,14-15,20H2,1-3H3,(H,28,32). The lowest BCUT2D eigenvalue weighted by molar-refractivity contribution is -0.117. The molecule has 1 heterocycles. The van der Waals surface area contributed by atoms with Crippen LogP contribution in [0.25, 0.3) is 0 Å². The van der Waals surface area contributed by atoms with E-state index >= 15 is 0 Å². The van der Waals surface area contributed by atoms with E-state index in [4.69, 9.17) is 0 Å². The summed E-state index contributed by atoms with van der Waals surface area (Å²) in [6, 6.07) is -0.00424. The number of unbranched alkanes of at least 4 members (excludes halogenated alkanes) is 1. The minimum absolute atomic E-state index is 0.00424. The number of carbonyl (C=O) groups excluding carboxylic acids is 1. The van der Waals surface area contributed by atoms with Gasteiger partial charge < -0.3 is 20.6 Å². The minimum atomic E-state index is -1.10. The molecule has 5 heteroatoms. The Morgan fingerprint density at radius 2 is 1.78 bits per heavy atom. The van der Waals surface area contributed by atoms with Crippen LogP contribution in [0.3, 0.4) is 0 Å². The molecule has 1 rings (SSSR count). The number of hydrogen-bond donors (Lipinski definition) is 4. The quantitative estimate of drug-likeness (QED) is 0.492. The van der Waals surface area contributed by atoms with Crippen LogP contribution in [0, 0.1) is 0 Å². The third kappa shape index (κ3) is 13.1. The number of aliphatic hydroxyl groups is 3. The Bertz CT molecular complexity index is 771. The first-order chi connectivity index (χ1) is 15.3. The Labute approximate surface area is 192 Å². The molecule has 0 aliphatic carbocycles. The molecule has 32 heavy (non-hydrogen) atoms. The first-order valence-corrected chi connectivity index (χ1v) is 11.4. The van der Waals surface area contributed by atoms with Gasteiger partial charge in [0, 0.05) is 18.5 Å². The van der Waals surface area contributed by atoms with Gasteiger partial charge in [-0.05, 0) is 33.1 Å². The van der Waals surface area contributed by atoms with E-state index in [0.717, 1.165) is 30.4 Å². The fraction of sp³-hybridized carbons (Fsp3) is 0.444. The zero-order valence-electron chi connectivity index (χ0n) is 19.5. The molecule has 4 atom stereocenters. The van der Waals surface area contributed by atoms with Crippen LogP contribution in [0.1, 0.15) is 52.9 Å². The number of hydrogen-bond acceptors (Lipinski definition) is 4. The summed E-state index contributed by atoms with van der Waals surface area (Å²) in [7, 11) is 0. The van der Waals surface area contributed by atoms with Crippen molar-refractivity contribution in [1.82, 2.24) is 5.32 Å². The smallest absolute Gasteiger partial charge is 0.244 e. The summed E-state index contributed by atoms with van der Waals surface area (Å²) in [6.07, 6.45) is 22.2. The number of allylic oxidation sites excluding steroid dienone is 9. The number of aliphatic hydroxyl groups excluding tert-OH is 3. The van der Waals surface area contributed by atoms with Gasteiger partial charge in [0.2, 0.25) is 5.91 Å². The summed E-state index contributed by atoms with van der Waals surface area (Å²) in [6.45, 7) is 5.85. The van der Waals surface area contributed by atoms with Crippen molar-refractivity contribution < 1.29 is 20.1 Å². The molecule has 0 saturated heterocycles. The van der Waals surface area contributed by atoms with Crippen molar-refractivity contribution >= 4 is 5.91 Å². The number of amides is 1. The molecule has 176 valence electrons. The third-order valence-corrected chi connectivity index (χ3v) is 4.91. The molecule has 4 N–H and O–H groups in total. The zero-order chi connectivity index (χ0) is 23.8. The van der Waals surface area contributed by atoms with E-state index in [0.29, 0.717) is 6.42 Å². The Hall–Kier alpha value is -2.47. The molecule has 0 aromatic heterocycles. The summed E-state index contributed by atoms with van der Waals surface area (Å²) in [5, 5.41) is 33.5. The number of carbonyl (C=O) groups is 1. The Morgan fingerprint density at radius 1 is 1.03 bits per heavy atom. The van der Waals surface area contributed by atoms with Gasteiger partial charge in [-0.2, -0.15) is 0 Å². The first-order valence-electron chi connectivity index (χ1n) is 11.4. The molecule has 0 spiro atoms. The summed E-state index contributed by atoms with van der Waals surface area (Å²) in [5.74, 6) is -0.160. The highest BCUT2D eigenvalue weighted by Gasteiger charge is 2.17. The molecule has 0 fully saturated rings. The second kappa shape index (κ2) is 16.2. The van der Waals surface area contributed by atoms with Crippen molar-refractivity contribution in [1.29, 1.82) is 0 Å². The first kappa shape index (κ1) is 27.6. The van der Waals surface area contributed by atoms with Gasteiger partial charge in [0.25, 0.3) is 0 Å². The van der Waals surface area contributed by atoms with E-state index in [9.17, 15) is 20.1 Å². The van der Waals surface area contributed by atoms with Crippen molar-refractivity contribution in [2.75, 3.05) is 0 Å². The van der Waals surface area contributed by atoms with Gasteiger partial charge in [0.1, 0.15) is 0 Å². The van der Waals surface area contributed by atoms with Gasteiger partial charge in [-0.3, -0.25) is 4.79 Å². The largest absolute Gasteiger partial charge is 0.390 e. The highest BCUT2D eigenvalue weighted by molar-refractivity contribution is 5.88. The van der Waals surface area contributed by atoms with Crippen LogP contribution in [0.2, 0.25) is 0 Å². The molecule has 4 unspecified atom stereocenters. The maximum Gasteiger partial charge on any atom is 0.244 e. The fourth-order valence-electron chi connectivity index (χ4n) is 3.04. The highest BCUT2D eigenvalue weighted by Crippen LogP contribution is 2.10. The van der Waals surface area contributed by atoms with Gasteiger partial charge >= 0.3 is 0 Å². The molecule has 0 bridgehead atoms. The highest BCUT2D eigenvalue weighted by atomic mass is 16.3. The lowest BCUT2D eigenvalue weighted by Gasteiger charge is -2.17. The lowest BCUT2D eigenvalue weighted by Crippen LogP contribution is -2.32. The topological polar surface area (TPSA) is 89.8 Å². The normalized spacial score (nSPS) is 26.6. The maximum absolute atomic E-state index is 12.3. The van der Waals surface area contributed by atoms with Gasteiger partial charge in [0.05, 0.1) is 18.3 Å². The molecule has 0 aromatic rings. The molecule has 1 aliphatic rings. The lowest BCUT2D eigenvalue weighted by atomic mass is 10.0. The van der Waals surface area contributed by atoms with Gasteiger partial charge in [-0.1, -0.05) is 91.3 Å². The second-order valence-corrected chi connectivity index (χ2v) is 8.12. The molecular formula is C27H39NO4. The average Bonchev–Trinajstić information content (AvgIpc) is 2.74. The SMILES string of the molecule is CCCC=CCC1CC=CC=C(C)C=CC(O)CC(O)C(O)C=C(C)C=CC=CC(=O)N1. The van der Waals surface area contributed by atoms with Crippen molar-refractivity contribution in [3.63, 3.8) is 0 Å². The predicted octanol–water partition coefficient (Wildman–Crippen LogP) is 4.21. The van der Waals surface area contributed by atoms with Gasteiger partial charge in [-0.25, -0.2) is 0 Å². The van der Waals surface area contributed by atoms with E-state index in [1.165, 1.54) is 12.2 Å². The summed E-state index contributed by atoms with van der Waals surface area (Å²) in [5.41, 5.74) is 1.68. The van der Waals surface area contributed by atoms with Crippen LogP contribution in [0.15, 0.2) is 84.1 Å². The second-order valence-electron chi connectivity index (χ2n) is 8.12. The molecule has 1 amide bonds. The van der Waals surface area contributed by atoms with Crippen molar-refractivity contribution in [2.45, 2.75) is 77.2 Å². The Morgan fingerprint density at radius 3 is 2.53 bits per heavy atom. The monoisotopic (exact) mass is 441 g/mol. The third-order valence-electron chi connectivity index (χ3n) is 4.91. The molecule has 0 aromatic carbocycles. The van der Waals surface area contributed by atoms with E-state index in [-0.39, 0.29) is 18.4 Å². The Kier molecular flexibility index (Phi) is 14.0. The van der Waals surface area contributed by atoms with Crippen LogP contribution in [-0.4, -0.2) is 45.6 Å². The van der Waals surface area contributed by atoms with Crippen LogP contribution in [0.5, 0.6) is 0 Å². The van der Waals surface area contributed by atoms with E-state index in [2.05, 4.69) is 24.4 Å². The number of nitrogens with one attached hydrogen (secondary N) is 1. The van der Waals surface area contributed by atoms with Crippen LogP contribution in [-0.2, 0) is 4.79 Å². The maximum atomic E-state index is 12.3. The molecule has 5 nitrogen and oxygen atoms in total. The van der Waals surface area contributed by atoms with Crippen molar-refractivity contribution in [3.05, 3.63) is 84.1 Å². The zero-order valence-corrected chi connectivity index (χ0v) is 19.5. The summed E-state index contributed by atoms with van der Waals surface area (Å²) < 4.78 is 0. The summed E-state index contributed by atoms with van der Waals surface area (Å²) in [4.78, 5) is 12.3. The Balaban J connectivity index is 3.02. The van der Waals surface area contributed by atoms with Gasteiger partial charge in [0.15, 0.2) is 0 Å².